The lowest BCUT2D eigenvalue weighted by molar-refractivity contribution is -0.131. The third kappa shape index (κ3) is 4.58. The Morgan fingerprint density at radius 3 is 2.38 bits per heavy atom. The number of hydrogen-bond donors (Lipinski definition) is 3. The predicted molar refractivity (Wildman–Crippen MR) is 125 cm³/mol. The highest BCUT2D eigenvalue weighted by molar-refractivity contribution is 5.87. The number of aliphatic hydroxyl groups excluding tert-OH is 1. The first-order chi connectivity index (χ1) is 15.5. The van der Waals surface area contributed by atoms with Crippen LogP contribution in [-0.2, 0) is 17.6 Å². The van der Waals surface area contributed by atoms with Crippen LogP contribution in [0.3, 0.4) is 0 Å². The van der Waals surface area contributed by atoms with Gasteiger partial charge < -0.3 is 15.4 Å². The van der Waals surface area contributed by atoms with Crippen LogP contribution in [0.2, 0.25) is 0 Å². The number of aromatic amines is 1. The molecule has 0 aliphatic rings. The number of benzene rings is 3. The molecule has 2 unspecified atom stereocenters. The molecule has 0 radical (unpaired) electrons. The summed E-state index contributed by atoms with van der Waals surface area (Å²) in [5, 5.41) is 14.0. The van der Waals surface area contributed by atoms with E-state index < -0.39 is 11.5 Å². The fourth-order valence-electron chi connectivity index (χ4n) is 4.24. The topological polar surface area (TPSA) is 65.1 Å². The fourth-order valence-corrected chi connectivity index (χ4v) is 4.24. The average Bonchev–Trinajstić information content (AvgIpc) is 3.22. The second-order valence-corrected chi connectivity index (χ2v) is 8.48. The normalized spacial score (nSPS) is 14.1. The number of fused-ring (bicyclic) bond motifs is 1. The molecule has 4 aromatic rings. The van der Waals surface area contributed by atoms with Gasteiger partial charge in [-0.15, -0.1) is 0 Å². The number of aromatic nitrogens is 1. The van der Waals surface area contributed by atoms with Crippen LogP contribution in [0.25, 0.3) is 10.9 Å². The third-order valence-corrected chi connectivity index (χ3v) is 6.03. The van der Waals surface area contributed by atoms with Crippen molar-refractivity contribution >= 4 is 16.8 Å². The molecule has 4 rings (SSSR count). The second-order valence-electron chi connectivity index (χ2n) is 8.48. The molecule has 0 aliphatic heterocycles. The number of para-hydroxylation sites is 1. The van der Waals surface area contributed by atoms with E-state index in [1.807, 2.05) is 67.7 Å². The first kappa shape index (κ1) is 21.8. The number of amides is 1. The molecule has 0 saturated carbocycles. The van der Waals surface area contributed by atoms with Gasteiger partial charge in [-0.25, -0.2) is 4.39 Å². The zero-order valence-corrected chi connectivity index (χ0v) is 18.0. The lowest BCUT2D eigenvalue weighted by Crippen LogP contribution is -2.44. The molecule has 164 valence electrons. The van der Waals surface area contributed by atoms with Crippen molar-refractivity contribution in [2.45, 2.75) is 25.8 Å². The lowest BCUT2D eigenvalue weighted by atomic mass is 9.77. The maximum atomic E-state index is 14.5. The van der Waals surface area contributed by atoms with E-state index in [2.05, 4.69) is 10.3 Å². The maximum Gasteiger partial charge on any atom is 0.227 e. The van der Waals surface area contributed by atoms with Gasteiger partial charge in [0.25, 0.3) is 0 Å². The van der Waals surface area contributed by atoms with E-state index in [0.29, 0.717) is 12.0 Å². The van der Waals surface area contributed by atoms with Crippen LogP contribution in [0, 0.1) is 11.2 Å². The van der Waals surface area contributed by atoms with E-state index in [-0.39, 0.29) is 24.8 Å². The van der Waals surface area contributed by atoms with E-state index in [4.69, 9.17) is 0 Å². The van der Waals surface area contributed by atoms with Gasteiger partial charge in [-0.05, 0) is 41.7 Å². The summed E-state index contributed by atoms with van der Waals surface area (Å²) < 4.78 is 14.5. The molecule has 0 aliphatic carbocycles. The highest BCUT2D eigenvalue weighted by Crippen LogP contribution is 2.33. The van der Waals surface area contributed by atoms with Gasteiger partial charge >= 0.3 is 0 Å². The molecule has 3 N–H and O–H groups in total. The van der Waals surface area contributed by atoms with Gasteiger partial charge in [0.05, 0.1) is 18.1 Å². The maximum absolute atomic E-state index is 14.5. The lowest BCUT2D eigenvalue weighted by Gasteiger charge is -2.31. The SMILES string of the molecule is CC(Cc1ccccc1F)(Cc1c[nH]c2ccccc12)C(=O)NC(CO)c1ccccc1. The van der Waals surface area contributed by atoms with Crippen LogP contribution in [-0.4, -0.2) is 22.6 Å². The molecule has 0 saturated heterocycles. The molecule has 1 aromatic heterocycles. The van der Waals surface area contributed by atoms with E-state index in [1.165, 1.54) is 6.07 Å². The van der Waals surface area contributed by atoms with Crippen LogP contribution >= 0.6 is 0 Å². The summed E-state index contributed by atoms with van der Waals surface area (Å²) in [5.41, 5.74) is 2.37. The van der Waals surface area contributed by atoms with Crippen molar-refractivity contribution in [1.82, 2.24) is 10.3 Å². The van der Waals surface area contributed by atoms with E-state index >= 15 is 0 Å². The number of carbonyl (C=O) groups excluding carboxylic acids is 1. The Kier molecular flexibility index (Phi) is 6.37. The van der Waals surface area contributed by atoms with Crippen molar-refractivity contribution < 1.29 is 14.3 Å². The number of rotatable bonds is 8. The summed E-state index contributed by atoms with van der Waals surface area (Å²) in [4.78, 5) is 16.9. The average molecular weight is 431 g/mol. The van der Waals surface area contributed by atoms with Gasteiger partial charge in [-0.1, -0.05) is 73.7 Å². The zero-order chi connectivity index (χ0) is 22.6. The Morgan fingerprint density at radius 1 is 0.969 bits per heavy atom. The molecular formula is C27H27FN2O2. The predicted octanol–water partition coefficient (Wildman–Crippen LogP) is 4.95. The van der Waals surface area contributed by atoms with Crippen LogP contribution in [0.1, 0.15) is 29.7 Å². The number of H-pyrrole nitrogens is 1. The minimum absolute atomic E-state index is 0.224. The highest BCUT2D eigenvalue weighted by atomic mass is 19.1. The van der Waals surface area contributed by atoms with E-state index in [0.717, 1.165) is 22.0 Å². The van der Waals surface area contributed by atoms with Crippen molar-refractivity contribution in [2.75, 3.05) is 6.61 Å². The zero-order valence-electron chi connectivity index (χ0n) is 18.0. The van der Waals surface area contributed by atoms with Crippen LogP contribution in [0.15, 0.2) is 85.1 Å². The summed E-state index contributed by atoms with van der Waals surface area (Å²) in [6, 6.07) is 23.3. The largest absolute Gasteiger partial charge is 0.394 e. The van der Waals surface area contributed by atoms with E-state index in [9.17, 15) is 14.3 Å². The first-order valence-corrected chi connectivity index (χ1v) is 10.8. The Bertz CT molecular complexity index is 1200. The van der Waals surface area contributed by atoms with Crippen molar-refractivity contribution in [3.8, 4) is 0 Å². The van der Waals surface area contributed by atoms with Gasteiger partial charge in [0.15, 0.2) is 0 Å². The molecule has 0 spiro atoms. The Labute approximate surface area is 187 Å². The number of hydrogen-bond acceptors (Lipinski definition) is 2. The second kappa shape index (κ2) is 9.37. The summed E-state index contributed by atoms with van der Waals surface area (Å²) in [5.74, 6) is -0.554. The Hall–Kier alpha value is -3.44. The van der Waals surface area contributed by atoms with Gasteiger partial charge in [0.2, 0.25) is 5.91 Å². The molecule has 32 heavy (non-hydrogen) atoms. The third-order valence-electron chi connectivity index (χ3n) is 6.03. The minimum Gasteiger partial charge on any atom is -0.394 e. The molecule has 2 atom stereocenters. The van der Waals surface area contributed by atoms with Gasteiger partial charge in [-0.3, -0.25) is 4.79 Å². The molecule has 4 nitrogen and oxygen atoms in total. The molecule has 1 heterocycles. The van der Waals surface area contributed by atoms with Crippen LogP contribution < -0.4 is 5.32 Å². The standard InChI is InChI=1S/C27H27FN2O2/c1-27(15-20-11-5-7-13-23(20)28,16-21-17-29-24-14-8-6-12-22(21)24)26(32)30-25(18-31)19-9-3-2-4-10-19/h2-14,17,25,29,31H,15-16,18H2,1H3,(H,30,32). The summed E-state index contributed by atoms with van der Waals surface area (Å²) in [6.45, 7) is 1.63. The Balaban J connectivity index is 1.67. The highest BCUT2D eigenvalue weighted by Gasteiger charge is 2.36. The van der Waals surface area contributed by atoms with Gasteiger partial charge in [0.1, 0.15) is 5.82 Å². The molecule has 0 bridgehead atoms. The summed E-state index contributed by atoms with van der Waals surface area (Å²) >= 11 is 0. The van der Waals surface area contributed by atoms with Crippen molar-refractivity contribution in [3.05, 3.63) is 108 Å². The number of halogens is 1. The van der Waals surface area contributed by atoms with Crippen LogP contribution in [0.5, 0.6) is 0 Å². The first-order valence-electron chi connectivity index (χ1n) is 10.8. The van der Waals surface area contributed by atoms with Crippen molar-refractivity contribution in [2.24, 2.45) is 5.41 Å². The number of nitrogens with one attached hydrogen (secondary N) is 2. The Morgan fingerprint density at radius 2 is 1.62 bits per heavy atom. The van der Waals surface area contributed by atoms with Gasteiger partial charge in [-0.2, -0.15) is 0 Å². The summed E-state index contributed by atoms with van der Waals surface area (Å²) in [7, 11) is 0. The summed E-state index contributed by atoms with van der Waals surface area (Å²) in [6.07, 6.45) is 2.57. The van der Waals surface area contributed by atoms with Crippen molar-refractivity contribution in [3.63, 3.8) is 0 Å². The minimum atomic E-state index is -0.935. The van der Waals surface area contributed by atoms with Crippen LogP contribution in [0.4, 0.5) is 4.39 Å². The fraction of sp³-hybridized carbons (Fsp3) is 0.222. The van der Waals surface area contributed by atoms with Gasteiger partial charge in [0, 0.05) is 17.1 Å². The van der Waals surface area contributed by atoms with E-state index in [1.54, 1.807) is 18.2 Å². The molecule has 5 heteroatoms. The molecule has 0 fully saturated rings. The monoisotopic (exact) mass is 430 g/mol. The quantitative estimate of drug-likeness (QED) is 0.370. The molecular weight excluding hydrogens is 403 g/mol. The molecule has 3 aromatic carbocycles. The number of aliphatic hydroxyl groups is 1. The number of carbonyl (C=O) groups is 1. The van der Waals surface area contributed by atoms with Crippen molar-refractivity contribution in [1.29, 1.82) is 0 Å². The smallest absolute Gasteiger partial charge is 0.227 e. The molecule has 1 amide bonds.